The SMILES string of the molecule is Cc1[nH]cnc1CN1CCC([C@@H](C)N2CCCC2)CC1. The van der Waals surface area contributed by atoms with Crippen LogP contribution in [-0.2, 0) is 6.54 Å². The number of nitrogens with zero attached hydrogens (tertiary/aromatic N) is 3. The largest absolute Gasteiger partial charge is 0.348 e. The van der Waals surface area contributed by atoms with E-state index < -0.39 is 0 Å². The molecule has 0 aliphatic carbocycles. The van der Waals surface area contributed by atoms with Crippen molar-refractivity contribution in [3.63, 3.8) is 0 Å². The Hall–Kier alpha value is -0.870. The van der Waals surface area contributed by atoms with Gasteiger partial charge >= 0.3 is 0 Å². The Balaban J connectivity index is 1.48. The third-order valence-corrected chi connectivity index (χ3v) is 5.34. The van der Waals surface area contributed by atoms with Gasteiger partial charge in [0, 0.05) is 18.3 Å². The highest BCUT2D eigenvalue weighted by atomic mass is 15.2. The summed E-state index contributed by atoms with van der Waals surface area (Å²) in [6, 6.07) is 0.784. The third kappa shape index (κ3) is 3.07. The molecule has 0 radical (unpaired) electrons. The van der Waals surface area contributed by atoms with Crippen LogP contribution in [0.15, 0.2) is 6.33 Å². The van der Waals surface area contributed by atoms with E-state index in [1.165, 1.54) is 63.3 Å². The molecule has 1 aromatic heterocycles. The highest BCUT2D eigenvalue weighted by molar-refractivity contribution is 5.08. The number of hydrogen-bond donors (Lipinski definition) is 1. The number of aryl methyl sites for hydroxylation is 1. The maximum atomic E-state index is 4.42. The van der Waals surface area contributed by atoms with Crippen molar-refractivity contribution in [3.05, 3.63) is 17.7 Å². The zero-order valence-electron chi connectivity index (χ0n) is 12.9. The van der Waals surface area contributed by atoms with Crippen LogP contribution in [0.1, 0.15) is 44.0 Å². The Morgan fingerprint density at radius 3 is 2.55 bits per heavy atom. The molecule has 0 aromatic carbocycles. The number of aromatic nitrogens is 2. The predicted octanol–water partition coefficient (Wildman–Crippen LogP) is 2.41. The number of rotatable bonds is 4. The lowest BCUT2D eigenvalue weighted by Crippen LogP contribution is -2.43. The van der Waals surface area contributed by atoms with Gasteiger partial charge in [-0.15, -0.1) is 0 Å². The first-order valence-corrected chi connectivity index (χ1v) is 8.19. The summed E-state index contributed by atoms with van der Waals surface area (Å²) in [4.78, 5) is 12.9. The Morgan fingerprint density at radius 1 is 1.25 bits per heavy atom. The molecule has 112 valence electrons. The van der Waals surface area contributed by atoms with Crippen LogP contribution < -0.4 is 0 Å². The number of aromatic amines is 1. The van der Waals surface area contributed by atoms with Crippen molar-refractivity contribution in [2.24, 2.45) is 5.92 Å². The Kier molecular flexibility index (Phi) is 4.41. The molecule has 0 bridgehead atoms. The molecule has 1 N–H and O–H groups in total. The van der Waals surface area contributed by atoms with E-state index >= 15 is 0 Å². The zero-order valence-corrected chi connectivity index (χ0v) is 12.9. The first kappa shape index (κ1) is 14.1. The van der Waals surface area contributed by atoms with E-state index in [0.717, 1.165) is 18.5 Å². The van der Waals surface area contributed by atoms with Gasteiger partial charge in [0.05, 0.1) is 12.0 Å². The molecule has 2 fully saturated rings. The standard InChI is InChI=1S/C16H28N4/c1-13-16(18-12-17-13)11-19-9-5-15(6-10-19)14(2)20-7-3-4-8-20/h12,14-15H,3-11H2,1-2H3,(H,17,18)/t14-/m1/s1. The van der Waals surface area contributed by atoms with Crippen molar-refractivity contribution in [1.29, 1.82) is 0 Å². The van der Waals surface area contributed by atoms with E-state index in [4.69, 9.17) is 0 Å². The molecule has 2 saturated heterocycles. The lowest BCUT2D eigenvalue weighted by Gasteiger charge is -2.38. The monoisotopic (exact) mass is 276 g/mol. The summed E-state index contributed by atoms with van der Waals surface area (Å²) in [5.41, 5.74) is 2.44. The smallest absolute Gasteiger partial charge is 0.0925 e. The van der Waals surface area contributed by atoms with E-state index in [1.54, 1.807) is 0 Å². The predicted molar refractivity (Wildman–Crippen MR) is 81.6 cm³/mol. The van der Waals surface area contributed by atoms with Crippen molar-refractivity contribution in [3.8, 4) is 0 Å². The summed E-state index contributed by atoms with van der Waals surface area (Å²) in [7, 11) is 0. The number of piperidine rings is 1. The van der Waals surface area contributed by atoms with Crippen LogP contribution in [0.5, 0.6) is 0 Å². The molecule has 0 spiro atoms. The Bertz CT molecular complexity index is 414. The molecule has 2 aliphatic rings. The van der Waals surface area contributed by atoms with E-state index in [1.807, 2.05) is 6.33 Å². The topological polar surface area (TPSA) is 35.2 Å². The Morgan fingerprint density at radius 2 is 1.95 bits per heavy atom. The minimum absolute atomic E-state index is 0.784. The summed E-state index contributed by atoms with van der Waals surface area (Å²) < 4.78 is 0. The fourth-order valence-electron chi connectivity index (χ4n) is 3.80. The van der Waals surface area contributed by atoms with Gasteiger partial charge in [0.2, 0.25) is 0 Å². The molecule has 3 heterocycles. The molecule has 4 nitrogen and oxygen atoms in total. The molecule has 1 atom stereocenters. The summed E-state index contributed by atoms with van der Waals surface area (Å²) >= 11 is 0. The summed E-state index contributed by atoms with van der Waals surface area (Å²) in [5.74, 6) is 0.893. The number of imidazole rings is 1. The molecule has 2 aliphatic heterocycles. The van der Waals surface area contributed by atoms with Crippen LogP contribution in [-0.4, -0.2) is 52.0 Å². The summed E-state index contributed by atoms with van der Waals surface area (Å²) in [6.07, 6.45) is 7.32. The van der Waals surface area contributed by atoms with E-state index in [2.05, 4.69) is 33.6 Å². The highest BCUT2D eigenvalue weighted by Gasteiger charge is 2.29. The number of H-pyrrole nitrogens is 1. The maximum absolute atomic E-state index is 4.42. The zero-order chi connectivity index (χ0) is 13.9. The van der Waals surface area contributed by atoms with E-state index in [0.29, 0.717) is 0 Å². The average Bonchev–Trinajstić information content (AvgIpc) is 3.12. The van der Waals surface area contributed by atoms with Crippen LogP contribution in [0.3, 0.4) is 0 Å². The molecule has 0 saturated carbocycles. The number of likely N-dealkylation sites (tertiary alicyclic amines) is 2. The van der Waals surface area contributed by atoms with E-state index in [-0.39, 0.29) is 0 Å². The second-order valence-electron chi connectivity index (χ2n) is 6.57. The highest BCUT2D eigenvalue weighted by Crippen LogP contribution is 2.27. The van der Waals surface area contributed by atoms with Crippen molar-refractivity contribution >= 4 is 0 Å². The van der Waals surface area contributed by atoms with Gasteiger partial charge in [-0.05, 0) is 71.6 Å². The summed E-state index contributed by atoms with van der Waals surface area (Å²) in [5, 5.41) is 0. The molecule has 3 rings (SSSR count). The van der Waals surface area contributed by atoms with Crippen LogP contribution in [0.25, 0.3) is 0 Å². The lowest BCUT2D eigenvalue weighted by molar-refractivity contribution is 0.107. The van der Waals surface area contributed by atoms with Crippen LogP contribution in [0, 0.1) is 12.8 Å². The lowest BCUT2D eigenvalue weighted by atomic mass is 9.89. The maximum Gasteiger partial charge on any atom is 0.0925 e. The van der Waals surface area contributed by atoms with Crippen molar-refractivity contribution in [2.45, 2.75) is 52.1 Å². The van der Waals surface area contributed by atoms with Crippen molar-refractivity contribution in [1.82, 2.24) is 19.8 Å². The molecule has 0 amide bonds. The second-order valence-corrected chi connectivity index (χ2v) is 6.57. The van der Waals surface area contributed by atoms with Gasteiger partial charge in [0.1, 0.15) is 0 Å². The second kappa shape index (κ2) is 6.27. The van der Waals surface area contributed by atoms with Gasteiger partial charge < -0.3 is 9.88 Å². The fraction of sp³-hybridized carbons (Fsp3) is 0.812. The van der Waals surface area contributed by atoms with Gasteiger partial charge in [0.25, 0.3) is 0 Å². The average molecular weight is 276 g/mol. The first-order chi connectivity index (χ1) is 9.74. The minimum atomic E-state index is 0.784. The van der Waals surface area contributed by atoms with E-state index in [9.17, 15) is 0 Å². The van der Waals surface area contributed by atoms with Crippen molar-refractivity contribution in [2.75, 3.05) is 26.2 Å². The summed E-state index contributed by atoms with van der Waals surface area (Å²) in [6.45, 7) is 10.7. The minimum Gasteiger partial charge on any atom is -0.348 e. The van der Waals surface area contributed by atoms with Crippen molar-refractivity contribution < 1.29 is 0 Å². The van der Waals surface area contributed by atoms with Crippen LogP contribution >= 0.6 is 0 Å². The molecule has 0 unspecified atom stereocenters. The van der Waals surface area contributed by atoms with Gasteiger partial charge in [-0.25, -0.2) is 4.98 Å². The molecule has 1 aromatic rings. The van der Waals surface area contributed by atoms with Gasteiger partial charge in [-0.1, -0.05) is 0 Å². The molecular formula is C16H28N4. The molecular weight excluding hydrogens is 248 g/mol. The van der Waals surface area contributed by atoms with Gasteiger partial charge in [-0.3, -0.25) is 4.90 Å². The van der Waals surface area contributed by atoms with Gasteiger partial charge in [0.15, 0.2) is 0 Å². The number of hydrogen-bond acceptors (Lipinski definition) is 3. The first-order valence-electron chi connectivity index (χ1n) is 8.19. The normalized spacial score (nSPS) is 24.3. The van der Waals surface area contributed by atoms with Crippen LogP contribution in [0.2, 0.25) is 0 Å². The van der Waals surface area contributed by atoms with Gasteiger partial charge in [-0.2, -0.15) is 0 Å². The number of nitrogens with one attached hydrogen (secondary N) is 1. The Labute approximate surface area is 122 Å². The quantitative estimate of drug-likeness (QED) is 0.917. The molecule has 4 heteroatoms. The fourth-order valence-corrected chi connectivity index (χ4v) is 3.80. The molecule has 20 heavy (non-hydrogen) atoms. The van der Waals surface area contributed by atoms with Crippen LogP contribution in [0.4, 0.5) is 0 Å². The third-order valence-electron chi connectivity index (χ3n) is 5.34.